The van der Waals surface area contributed by atoms with E-state index >= 15 is 0 Å². The van der Waals surface area contributed by atoms with Crippen molar-refractivity contribution in [2.45, 2.75) is 0 Å². The zero-order valence-corrected chi connectivity index (χ0v) is 14.1. The number of anilines is 1. The number of carbonyl (C=O) groups excluding carboxylic acids is 1. The van der Waals surface area contributed by atoms with Crippen LogP contribution in [0, 0.1) is 10.1 Å². The van der Waals surface area contributed by atoms with Crippen LogP contribution < -0.4 is 10.1 Å². The van der Waals surface area contributed by atoms with Gasteiger partial charge in [0.2, 0.25) is 0 Å². The van der Waals surface area contributed by atoms with E-state index in [1.807, 2.05) is 0 Å². The second-order valence-electron chi connectivity index (χ2n) is 5.26. The maximum atomic E-state index is 12.5. The molecule has 0 aliphatic heterocycles. The quantitative estimate of drug-likeness (QED) is 0.489. The van der Waals surface area contributed by atoms with Crippen LogP contribution in [0.1, 0.15) is 10.4 Å². The summed E-state index contributed by atoms with van der Waals surface area (Å²) in [5.41, 5.74) is 0.0649. The number of hydrogen-bond acceptors (Lipinski definition) is 4. The molecule has 3 rings (SSSR count). The Morgan fingerprint density at radius 3 is 2.27 bits per heavy atom. The minimum Gasteiger partial charge on any atom is -0.454 e. The van der Waals surface area contributed by atoms with Gasteiger partial charge in [-0.05, 0) is 30.3 Å². The lowest BCUT2D eigenvalue weighted by atomic mass is 10.1. The van der Waals surface area contributed by atoms with E-state index < -0.39 is 10.8 Å². The number of amides is 1. The molecule has 0 saturated heterocycles. The monoisotopic (exact) mass is 368 g/mol. The minimum atomic E-state index is -0.604. The maximum absolute atomic E-state index is 12.5. The number of nitro groups is 1. The summed E-state index contributed by atoms with van der Waals surface area (Å²) in [7, 11) is 0. The number of nitro benzene ring substituents is 1. The Morgan fingerprint density at radius 1 is 0.923 bits per heavy atom. The molecule has 130 valence electrons. The molecule has 3 aromatic carbocycles. The van der Waals surface area contributed by atoms with Crippen molar-refractivity contribution in [2.24, 2.45) is 0 Å². The highest BCUT2D eigenvalue weighted by Gasteiger charge is 2.20. The summed E-state index contributed by atoms with van der Waals surface area (Å²) in [6, 6.07) is 19.4. The summed E-state index contributed by atoms with van der Waals surface area (Å²) in [6.07, 6.45) is 0. The molecule has 0 spiro atoms. The average molecular weight is 369 g/mol. The molecule has 3 aromatic rings. The number of hydrogen-bond donors (Lipinski definition) is 1. The fraction of sp³-hybridized carbons (Fsp3) is 0. The van der Waals surface area contributed by atoms with Gasteiger partial charge in [-0.2, -0.15) is 0 Å². The zero-order chi connectivity index (χ0) is 18.5. The molecule has 0 heterocycles. The van der Waals surface area contributed by atoms with E-state index in [2.05, 4.69) is 5.32 Å². The van der Waals surface area contributed by atoms with Crippen molar-refractivity contribution in [2.75, 3.05) is 5.32 Å². The Morgan fingerprint density at radius 2 is 1.54 bits per heavy atom. The number of rotatable bonds is 5. The molecule has 0 atom stereocenters. The van der Waals surface area contributed by atoms with E-state index in [9.17, 15) is 14.9 Å². The predicted molar refractivity (Wildman–Crippen MR) is 99.0 cm³/mol. The van der Waals surface area contributed by atoms with Crippen molar-refractivity contribution in [1.82, 2.24) is 0 Å². The molecule has 0 aliphatic rings. The van der Waals surface area contributed by atoms with Crippen molar-refractivity contribution in [3.05, 3.63) is 93.5 Å². The fourth-order valence-electron chi connectivity index (χ4n) is 2.32. The lowest BCUT2D eigenvalue weighted by molar-refractivity contribution is -0.385. The van der Waals surface area contributed by atoms with Gasteiger partial charge in [0.1, 0.15) is 11.3 Å². The summed E-state index contributed by atoms with van der Waals surface area (Å²) >= 11 is 6.10. The largest absolute Gasteiger partial charge is 0.454 e. The molecule has 0 bridgehead atoms. The summed E-state index contributed by atoms with van der Waals surface area (Å²) in [5, 5.41) is 14.2. The maximum Gasteiger partial charge on any atom is 0.282 e. The molecule has 26 heavy (non-hydrogen) atoms. The van der Waals surface area contributed by atoms with Gasteiger partial charge in [0.05, 0.1) is 15.6 Å². The van der Waals surface area contributed by atoms with Crippen molar-refractivity contribution in [3.8, 4) is 11.5 Å². The highest BCUT2D eigenvalue weighted by atomic mass is 35.5. The van der Waals surface area contributed by atoms with Gasteiger partial charge in [0, 0.05) is 6.07 Å². The van der Waals surface area contributed by atoms with Crippen molar-refractivity contribution >= 4 is 28.9 Å². The van der Waals surface area contributed by atoms with E-state index in [0.717, 1.165) is 0 Å². The van der Waals surface area contributed by atoms with Crippen LogP contribution >= 0.6 is 11.6 Å². The summed E-state index contributed by atoms with van der Waals surface area (Å²) in [5.74, 6) is 0.196. The first kappa shape index (κ1) is 17.4. The van der Waals surface area contributed by atoms with Crippen LogP contribution in [0.5, 0.6) is 11.5 Å². The van der Waals surface area contributed by atoms with Gasteiger partial charge in [-0.25, -0.2) is 0 Å². The molecule has 0 fully saturated rings. The molecule has 7 heteroatoms. The molecule has 0 radical (unpaired) electrons. The van der Waals surface area contributed by atoms with E-state index in [1.165, 1.54) is 18.2 Å². The number of ether oxygens (including phenoxy) is 1. The van der Waals surface area contributed by atoms with Gasteiger partial charge in [-0.3, -0.25) is 14.9 Å². The SMILES string of the molecule is O=C(Nc1ccccc1Oc1ccccc1Cl)c1ccccc1[N+](=O)[O-]. The Balaban J connectivity index is 1.89. The van der Waals surface area contributed by atoms with Gasteiger partial charge in [0.25, 0.3) is 11.6 Å². The van der Waals surface area contributed by atoms with Crippen molar-refractivity contribution < 1.29 is 14.5 Å². The Hall–Kier alpha value is -3.38. The highest BCUT2D eigenvalue weighted by molar-refractivity contribution is 6.32. The van der Waals surface area contributed by atoms with Crippen LogP contribution in [-0.4, -0.2) is 10.8 Å². The third-order valence-electron chi connectivity index (χ3n) is 3.54. The van der Waals surface area contributed by atoms with Gasteiger partial charge >= 0.3 is 0 Å². The van der Waals surface area contributed by atoms with Gasteiger partial charge < -0.3 is 10.1 Å². The Kier molecular flexibility index (Phi) is 5.15. The number of halogens is 1. The van der Waals surface area contributed by atoms with E-state index in [1.54, 1.807) is 54.6 Å². The van der Waals surface area contributed by atoms with E-state index in [-0.39, 0.29) is 11.3 Å². The lowest BCUT2D eigenvalue weighted by Gasteiger charge is -2.13. The molecule has 0 aromatic heterocycles. The van der Waals surface area contributed by atoms with Crippen molar-refractivity contribution in [1.29, 1.82) is 0 Å². The van der Waals surface area contributed by atoms with Crippen LogP contribution in [0.2, 0.25) is 5.02 Å². The van der Waals surface area contributed by atoms with Gasteiger partial charge in [0.15, 0.2) is 5.75 Å². The normalized spacial score (nSPS) is 10.2. The second kappa shape index (κ2) is 7.67. The van der Waals surface area contributed by atoms with Crippen LogP contribution in [0.3, 0.4) is 0 Å². The topological polar surface area (TPSA) is 81.5 Å². The lowest BCUT2D eigenvalue weighted by Crippen LogP contribution is -2.14. The molecule has 1 amide bonds. The number of para-hydroxylation sites is 4. The number of nitrogens with zero attached hydrogens (tertiary/aromatic N) is 1. The minimum absolute atomic E-state index is 0.0370. The molecular formula is C19H13ClN2O4. The molecular weight excluding hydrogens is 356 g/mol. The summed E-state index contributed by atoms with van der Waals surface area (Å²) < 4.78 is 5.77. The predicted octanol–water partition coefficient (Wildman–Crippen LogP) is 5.29. The fourth-order valence-corrected chi connectivity index (χ4v) is 2.49. The molecule has 0 saturated carbocycles. The Bertz CT molecular complexity index is 975. The van der Waals surface area contributed by atoms with Crippen LogP contribution in [0.4, 0.5) is 11.4 Å². The first-order valence-electron chi connectivity index (χ1n) is 7.62. The third kappa shape index (κ3) is 3.81. The third-order valence-corrected chi connectivity index (χ3v) is 3.85. The Labute approximate surface area is 154 Å². The number of nitrogens with one attached hydrogen (secondary N) is 1. The van der Waals surface area contributed by atoms with Crippen LogP contribution in [-0.2, 0) is 0 Å². The van der Waals surface area contributed by atoms with Crippen molar-refractivity contribution in [3.63, 3.8) is 0 Å². The molecule has 1 N–H and O–H groups in total. The van der Waals surface area contributed by atoms with E-state index in [4.69, 9.17) is 16.3 Å². The van der Waals surface area contributed by atoms with Gasteiger partial charge in [-0.15, -0.1) is 0 Å². The standard InChI is InChI=1S/C19H13ClN2O4/c20-14-8-2-5-11-17(14)26-18-12-6-3-9-15(18)21-19(23)13-7-1-4-10-16(13)22(24)25/h1-12H,(H,21,23). The zero-order valence-electron chi connectivity index (χ0n) is 13.4. The van der Waals surface area contributed by atoms with E-state index in [0.29, 0.717) is 22.2 Å². The molecule has 6 nitrogen and oxygen atoms in total. The molecule has 0 aliphatic carbocycles. The summed E-state index contributed by atoms with van der Waals surface area (Å²) in [6.45, 7) is 0. The van der Waals surface area contributed by atoms with Crippen LogP contribution in [0.25, 0.3) is 0 Å². The number of benzene rings is 3. The smallest absolute Gasteiger partial charge is 0.282 e. The first-order chi connectivity index (χ1) is 12.6. The summed E-state index contributed by atoms with van der Waals surface area (Å²) in [4.78, 5) is 23.0. The molecule has 0 unspecified atom stereocenters. The van der Waals surface area contributed by atoms with Gasteiger partial charge in [-0.1, -0.05) is 48.0 Å². The number of carbonyl (C=O) groups is 1. The first-order valence-corrected chi connectivity index (χ1v) is 8.00. The average Bonchev–Trinajstić information content (AvgIpc) is 2.65. The van der Waals surface area contributed by atoms with Crippen LogP contribution in [0.15, 0.2) is 72.8 Å². The second-order valence-corrected chi connectivity index (χ2v) is 5.66. The highest BCUT2D eigenvalue weighted by Crippen LogP contribution is 2.33.